The fourth-order valence-electron chi connectivity index (χ4n) is 4.21. The number of benzene rings is 2. The van der Waals surface area contributed by atoms with Crippen molar-refractivity contribution in [2.45, 2.75) is 38.1 Å². The monoisotopic (exact) mass is 378 g/mol. The molecule has 4 heteroatoms. The lowest BCUT2D eigenvalue weighted by Gasteiger charge is -2.18. The van der Waals surface area contributed by atoms with Crippen LogP contribution in [0.4, 0.5) is 0 Å². The molecule has 1 aliphatic rings. The SMILES string of the molecule is COc1ccc(-c2cc(=[N+](C)C3CCCCC3)c3ccccc3o2)cc1OC. The number of rotatable bonds is 4. The lowest BCUT2D eigenvalue weighted by molar-refractivity contribution is 0.354. The molecule has 4 rings (SSSR count). The van der Waals surface area contributed by atoms with Crippen LogP contribution in [0.2, 0.25) is 0 Å². The first kappa shape index (κ1) is 18.6. The van der Waals surface area contributed by atoms with E-state index in [0.29, 0.717) is 17.5 Å². The Balaban J connectivity index is 1.92. The number of methoxy groups -OCH3 is 2. The first-order chi connectivity index (χ1) is 13.7. The van der Waals surface area contributed by atoms with Crippen LogP contribution < -0.4 is 19.4 Å². The second kappa shape index (κ2) is 8.09. The fourth-order valence-corrected chi connectivity index (χ4v) is 4.21. The van der Waals surface area contributed by atoms with Gasteiger partial charge in [-0.15, -0.1) is 0 Å². The third kappa shape index (κ3) is 3.51. The molecular formula is C24H28NO3+. The quantitative estimate of drug-likeness (QED) is 0.609. The topological polar surface area (TPSA) is 34.6 Å². The number of hydrogen-bond donors (Lipinski definition) is 0. The molecule has 4 nitrogen and oxygen atoms in total. The van der Waals surface area contributed by atoms with Gasteiger partial charge in [0.1, 0.15) is 18.4 Å². The van der Waals surface area contributed by atoms with Gasteiger partial charge < -0.3 is 13.9 Å². The van der Waals surface area contributed by atoms with E-state index in [1.807, 2.05) is 30.3 Å². The van der Waals surface area contributed by atoms with Crippen molar-refractivity contribution in [3.8, 4) is 22.8 Å². The van der Waals surface area contributed by atoms with Crippen LogP contribution in [0, 0.1) is 0 Å². The Morgan fingerprint density at radius 1 is 0.893 bits per heavy atom. The average molecular weight is 378 g/mol. The van der Waals surface area contributed by atoms with E-state index in [1.54, 1.807) is 14.2 Å². The summed E-state index contributed by atoms with van der Waals surface area (Å²) in [6.45, 7) is 0. The lowest BCUT2D eigenvalue weighted by Crippen LogP contribution is -2.37. The van der Waals surface area contributed by atoms with Crippen molar-refractivity contribution in [1.29, 1.82) is 0 Å². The van der Waals surface area contributed by atoms with E-state index >= 15 is 0 Å². The molecule has 1 fully saturated rings. The summed E-state index contributed by atoms with van der Waals surface area (Å²) in [5, 5.41) is 2.37. The van der Waals surface area contributed by atoms with Gasteiger partial charge in [-0.2, -0.15) is 0 Å². The van der Waals surface area contributed by atoms with E-state index in [2.05, 4.69) is 29.8 Å². The first-order valence-corrected chi connectivity index (χ1v) is 10.0. The maximum absolute atomic E-state index is 6.28. The van der Waals surface area contributed by atoms with Gasteiger partial charge in [0, 0.05) is 18.4 Å². The van der Waals surface area contributed by atoms with Gasteiger partial charge in [0.2, 0.25) is 5.36 Å². The van der Waals surface area contributed by atoms with Gasteiger partial charge in [-0.25, -0.2) is 4.58 Å². The molecule has 0 amide bonds. The van der Waals surface area contributed by atoms with Gasteiger partial charge in [-0.05, 0) is 43.2 Å². The van der Waals surface area contributed by atoms with Crippen LogP contribution in [0.25, 0.3) is 22.3 Å². The molecule has 0 atom stereocenters. The first-order valence-electron chi connectivity index (χ1n) is 10.0. The minimum atomic E-state index is 0.581. The Morgan fingerprint density at radius 3 is 2.39 bits per heavy atom. The highest BCUT2D eigenvalue weighted by Gasteiger charge is 2.22. The Morgan fingerprint density at radius 2 is 1.64 bits per heavy atom. The summed E-state index contributed by atoms with van der Waals surface area (Å²) in [6.07, 6.45) is 6.48. The highest BCUT2D eigenvalue weighted by atomic mass is 16.5. The molecule has 0 N–H and O–H groups in total. The summed E-state index contributed by atoms with van der Waals surface area (Å²) in [5.41, 5.74) is 1.87. The molecule has 1 heterocycles. The number of nitrogens with zero attached hydrogens (tertiary/aromatic N) is 1. The molecule has 0 aliphatic heterocycles. The van der Waals surface area contributed by atoms with Crippen LogP contribution in [0.1, 0.15) is 32.1 Å². The molecule has 1 aromatic heterocycles. The second-order valence-corrected chi connectivity index (χ2v) is 7.46. The third-order valence-corrected chi connectivity index (χ3v) is 5.82. The Kier molecular flexibility index (Phi) is 5.38. The van der Waals surface area contributed by atoms with E-state index < -0.39 is 0 Å². The van der Waals surface area contributed by atoms with E-state index in [4.69, 9.17) is 13.9 Å². The second-order valence-electron chi connectivity index (χ2n) is 7.46. The maximum atomic E-state index is 6.28. The largest absolute Gasteiger partial charge is 0.493 e. The average Bonchev–Trinajstić information content (AvgIpc) is 2.77. The van der Waals surface area contributed by atoms with E-state index in [9.17, 15) is 0 Å². The molecular weight excluding hydrogens is 350 g/mol. The van der Waals surface area contributed by atoms with Crippen LogP contribution in [-0.4, -0.2) is 27.3 Å². The predicted molar refractivity (Wildman–Crippen MR) is 113 cm³/mol. The summed E-state index contributed by atoms with van der Waals surface area (Å²) in [4.78, 5) is 0. The summed E-state index contributed by atoms with van der Waals surface area (Å²) in [6, 6.07) is 16.9. The van der Waals surface area contributed by atoms with Crippen molar-refractivity contribution >= 4 is 11.0 Å². The van der Waals surface area contributed by atoms with Crippen molar-refractivity contribution in [2.75, 3.05) is 21.3 Å². The van der Waals surface area contributed by atoms with E-state index in [1.165, 1.54) is 37.5 Å². The van der Waals surface area contributed by atoms with E-state index in [-0.39, 0.29) is 0 Å². The molecule has 1 saturated carbocycles. The molecule has 28 heavy (non-hydrogen) atoms. The summed E-state index contributed by atoms with van der Waals surface area (Å²) in [7, 11) is 5.52. The number of fused-ring (bicyclic) bond motifs is 1. The smallest absolute Gasteiger partial charge is 0.214 e. The van der Waals surface area contributed by atoms with Gasteiger partial charge in [-0.3, -0.25) is 0 Å². The minimum Gasteiger partial charge on any atom is -0.493 e. The van der Waals surface area contributed by atoms with Crippen molar-refractivity contribution in [3.63, 3.8) is 0 Å². The van der Waals surface area contributed by atoms with Crippen LogP contribution >= 0.6 is 0 Å². The van der Waals surface area contributed by atoms with Gasteiger partial charge in [0.05, 0.1) is 25.7 Å². The molecule has 0 bridgehead atoms. The van der Waals surface area contributed by atoms with Gasteiger partial charge in [-0.1, -0.05) is 18.6 Å². The molecule has 1 aliphatic carbocycles. The lowest BCUT2D eigenvalue weighted by atomic mass is 9.95. The molecule has 146 valence electrons. The number of hydrogen-bond acceptors (Lipinski definition) is 3. The van der Waals surface area contributed by atoms with Crippen LogP contribution in [-0.2, 0) is 0 Å². The zero-order chi connectivity index (χ0) is 19.5. The Labute approximate surface area is 166 Å². The minimum absolute atomic E-state index is 0.581. The zero-order valence-corrected chi connectivity index (χ0v) is 16.9. The highest BCUT2D eigenvalue weighted by molar-refractivity contribution is 5.78. The van der Waals surface area contributed by atoms with Crippen molar-refractivity contribution in [1.82, 2.24) is 4.58 Å². The van der Waals surface area contributed by atoms with Gasteiger partial charge in [0.25, 0.3) is 0 Å². The Bertz CT molecular complexity index is 1050. The number of ether oxygens (including phenoxy) is 2. The molecule has 2 aromatic carbocycles. The third-order valence-electron chi connectivity index (χ3n) is 5.82. The highest BCUT2D eigenvalue weighted by Crippen LogP contribution is 2.32. The molecule has 0 unspecified atom stereocenters. The van der Waals surface area contributed by atoms with Gasteiger partial charge in [0.15, 0.2) is 17.5 Å². The normalized spacial score (nSPS) is 16.1. The summed E-state index contributed by atoms with van der Waals surface area (Å²) >= 11 is 0. The fraction of sp³-hybridized carbons (Fsp3) is 0.375. The van der Waals surface area contributed by atoms with E-state index in [0.717, 1.165) is 22.3 Å². The Hall–Kier alpha value is -2.75. The predicted octanol–water partition coefficient (Wildman–Crippen LogP) is 4.85. The zero-order valence-electron chi connectivity index (χ0n) is 16.9. The molecule has 3 aromatic rings. The summed E-state index contributed by atoms with van der Waals surface area (Å²) < 4.78 is 19.6. The summed E-state index contributed by atoms with van der Waals surface area (Å²) in [5.74, 6) is 2.24. The maximum Gasteiger partial charge on any atom is 0.214 e. The molecule has 0 spiro atoms. The molecule has 0 saturated heterocycles. The van der Waals surface area contributed by atoms with Crippen LogP contribution in [0.15, 0.2) is 52.9 Å². The van der Waals surface area contributed by atoms with Crippen molar-refractivity contribution in [2.24, 2.45) is 0 Å². The number of para-hydroxylation sites is 1. The molecule has 0 radical (unpaired) electrons. The van der Waals surface area contributed by atoms with Crippen molar-refractivity contribution in [3.05, 3.63) is 53.9 Å². The van der Waals surface area contributed by atoms with Crippen molar-refractivity contribution < 1.29 is 13.9 Å². The van der Waals surface area contributed by atoms with Crippen LogP contribution in [0.3, 0.4) is 0 Å². The van der Waals surface area contributed by atoms with Gasteiger partial charge >= 0.3 is 0 Å². The standard InChI is InChI=1S/C24H28NO3/c1-25(18-9-5-4-6-10-18)20-16-23(28-21-12-8-7-11-19(20)21)17-13-14-22(26-2)24(15-17)27-3/h7-8,11-16,18H,4-6,9-10H2,1-3H3/q+1. The van der Waals surface area contributed by atoms with Crippen LogP contribution in [0.5, 0.6) is 11.5 Å².